The SMILES string of the molecule is Cc1csc(N2CCCN(C(=O)C(C)C)CC2)n1. The molecule has 1 aliphatic rings. The van der Waals surface area contributed by atoms with Crippen molar-refractivity contribution in [1.82, 2.24) is 9.88 Å². The number of rotatable bonds is 2. The Bertz CT molecular complexity index is 416. The summed E-state index contributed by atoms with van der Waals surface area (Å²) in [7, 11) is 0. The summed E-state index contributed by atoms with van der Waals surface area (Å²) < 4.78 is 0. The van der Waals surface area contributed by atoms with Gasteiger partial charge >= 0.3 is 0 Å². The Kier molecular flexibility index (Phi) is 4.22. The number of thiazole rings is 1. The van der Waals surface area contributed by atoms with Gasteiger partial charge in [-0.2, -0.15) is 0 Å². The average molecular weight is 267 g/mol. The number of anilines is 1. The van der Waals surface area contributed by atoms with Crippen molar-refractivity contribution < 1.29 is 4.79 Å². The van der Waals surface area contributed by atoms with E-state index in [0.717, 1.165) is 43.4 Å². The van der Waals surface area contributed by atoms with Crippen LogP contribution in [0, 0.1) is 12.8 Å². The van der Waals surface area contributed by atoms with Crippen molar-refractivity contribution in [2.45, 2.75) is 27.2 Å². The predicted molar refractivity (Wildman–Crippen MR) is 75.1 cm³/mol. The van der Waals surface area contributed by atoms with Crippen molar-refractivity contribution in [1.29, 1.82) is 0 Å². The molecule has 18 heavy (non-hydrogen) atoms. The first-order valence-corrected chi connectivity index (χ1v) is 7.41. The Balaban J connectivity index is 1.98. The Labute approximate surface area is 113 Å². The van der Waals surface area contributed by atoms with Crippen molar-refractivity contribution in [2.75, 3.05) is 31.1 Å². The first-order chi connectivity index (χ1) is 8.58. The highest BCUT2D eigenvalue weighted by atomic mass is 32.1. The van der Waals surface area contributed by atoms with Crippen molar-refractivity contribution in [3.8, 4) is 0 Å². The van der Waals surface area contributed by atoms with Crippen LogP contribution in [0.3, 0.4) is 0 Å². The molecule has 0 spiro atoms. The van der Waals surface area contributed by atoms with Gasteiger partial charge in [-0.25, -0.2) is 4.98 Å². The maximum Gasteiger partial charge on any atom is 0.225 e. The van der Waals surface area contributed by atoms with Gasteiger partial charge in [-0.15, -0.1) is 11.3 Å². The van der Waals surface area contributed by atoms with Gasteiger partial charge in [-0.05, 0) is 13.3 Å². The van der Waals surface area contributed by atoms with Gasteiger partial charge in [0.1, 0.15) is 0 Å². The summed E-state index contributed by atoms with van der Waals surface area (Å²) in [6.45, 7) is 9.53. The van der Waals surface area contributed by atoms with Gasteiger partial charge in [-0.1, -0.05) is 13.8 Å². The highest BCUT2D eigenvalue weighted by molar-refractivity contribution is 7.13. The second-order valence-electron chi connectivity index (χ2n) is 5.09. The Hall–Kier alpha value is -1.10. The third-order valence-corrected chi connectivity index (χ3v) is 4.20. The first kappa shape index (κ1) is 13.3. The van der Waals surface area contributed by atoms with Gasteiger partial charge < -0.3 is 9.80 Å². The lowest BCUT2D eigenvalue weighted by Crippen LogP contribution is -2.37. The van der Waals surface area contributed by atoms with Crippen LogP contribution in [0.15, 0.2) is 5.38 Å². The van der Waals surface area contributed by atoms with Crippen LogP contribution in [0.25, 0.3) is 0 Å². The van der Waals surface area contributed by atoms with E-state index in [-0.39, 0.29) is 11.8 Å². The number of aryl methyl sites for hydroxylation is 1. The summed E-state index contributed by atoms with van der Waals surface area (Å²) in [5.74, 6) is 0.367. The van der Waals surface area contributed by atoms with E-state index in [1.807, 2.05) is 25.7 Å². The number of carbonyl (C=O) groups excluding carboxylic acids is 1. The molecule has 0 unspecified atom stereocenters. The van der Waals surface area contributed by atoms with Crippen LogP contribution in [-0.2, 0) is 4.79 Å². The molecule has 1 aromatic heterocycles. The molecule has 0 bridgehead atoms. The lowest BCUT2D eigenvalue weighted by atomic mass is 10.2. The minimum atomic E-state index is 0.0960. The maximum absolute atomic E-state index is 12.0. The van der Waals surface area contributed by atoms with Gasteiger partial charge in [0.05, 0.1) is 5.69 Å². The summed E-state index contributed by atoms with van der Waals surface area (Å²) in [4.78, 5) is 20.8. The van der Waals surface area contributed by atoms with Crippen molar-refractivity contribution >= 4 is 22.4 Å². The molecule has 4 nitrogen and oxygen atoms in total. The summed E-state index contributed by atoms with van der Waals surface area (Å²) in [5, 5.41) is 3.17. The van der Waals surface area contributed by atoms with E-state index in [1.54, 1.807) is 11.3 Å². The van der Waals surface area contributed by atoms with E-state index in [0.29, 0.717) is 0 Å². The number of aromatic nitrogens is 1. The van der Waals surface area contributed by atoms with Crippen LogP contribution in [0.1, 0.15) is 26.0 Å². The smallest absolute Gasteiger partial charge is 0.225 e. The van der Waals surface area contributed by atoms with Gasteiger partial charge in [0.15, 0.2) is 5.13 Å². The lowest BCUT2D eigenvalue weighted by molar-refractivity contribution is -0.134. The van der Waals surface area contributed by atoms with Crippen LogP contribution in [0.2, 0.25) is 0 Å². The van der Waals surface area contributed by atoms with Gasteiger partial charge in [0.2, 0.25) is 5.91 Å². The van der Waals surface area contributed by atoms with Crippen LogP contribution in [-0.4, -0.2) is 42.0 Å². The molecule has 2 rings (SSSR count). The standard InChI is InChI=1S/C13H21N3OS/c1-10(2)12(17)15-5-4-6-16(8-7-15)13-14-11(3)9-18-13/h9-10H,4-8H2,1-3H3. The third-order valence-electron chi connectivity index (χ3n) is 3.18. The molecule has 0 atom stereocenters. The Morgan fingerprint density at radius 3 is 2.72 bits per heavy atom. The third kappa shape index (κ3) is 3.02. The van der Waals surface area contributed by atoms with E-state index < -0.39 is 0 Å². The molecule has 1 amide bonds. The van der Waals surface area contributed by atoms with Crippen molar-refractivity contribution in [2.24, 2.45) is 5.92 Å². The lowest BCUT2D eigenvalue weighted by Gasteiger charge is -2.23. The summed E-state index contributed by atoms with van der Waals surface area (Å²) in [5.41, 5.74) is 1.08. The second-order valence-corrected chi connectivity index (χ2v) is 5.93. The van der Waals surface area contributed by atoms with Crippen LogP contribution in [0.4, 0.5) is 5.13 Å². The maximum atomic E-state index is 12.0. The molecule has 100 valence electrons. The number of hydrogen-bond acceptors (Lipinski definition) is 4. The normalized spacial score (nSPS) is 17.1. The van der Waals surface area contributed by atoms with Crippen LogP contribution >= 0.6 is 11.3 Å². The topological polar surface area (TPSA) is 36.4 Å². The molecule has 1 saturated heterocycles. The molecular weight excluding hydrogens is 246 g/mol. The fourth-order valence-electron chi connectivity index (χ4n) is 2.18. The van der Waals surface area contributed by atoms with E-state index in [9.17, 15) is 4.79 Å². The average Bonchev–Trinajstić information content (AvgIpc) is 2.63. The van der Waals surface area contributed by atoms with E-state index in [4.69, 9.17) is 0 Å². The highest BCUT2D eigenvalue weighted by Crippen LogP contribution is 2.21. The molecular formula is C13H21N3OS. The van der Waals surface area contributed by atoms with Crippen LogP contribution < -0.4 is 4.90 Å². The fraction of sp³-hybridized carbons (Fsp3) is 0.692. The Morgan fingerprint density at radius 2 is 2.11 bits per heavy atom. The summed E-state index contributed by atoms with van der Waals surface area (Å²) in [6, 6.07) is 0. The Morgan fingerprint density at radius 1 is 1.33 bits per heavy atom. The number of amides is 1. The van der Waals surface area contributed by atoms with Crippen molar-refractivity contribution in [3.05, 3.63) is 11.1 Å². The monoisotopic (exact) mass is 267 g/mol. The number of carbonyl (C=O) groups is 1. The van der Waals surface area contributed by atoms with E-state index >= 15 is 0 Å². The van der Waals surface area contributed by atoms with Gasteiger partial charge in [-0.3, -0.25) is 4.79 Å². The molecule has 5 heteroatoms. The zero-order chi connectivity index (χ0) is 13.1. The van der Waals surface area contributed by atoms with E-state index in [2.05, 4.69) is 15.3 Å². The molecule has 1 aromatic rings. The molecule has 0 N–H and O–H groups in total. The predicted octanol–water partition coefficient (Wildman–Crippen LogP) is 2.15. The molecule has 2 heterocycles. The quantitative estimate of drug-likeness (QED) is 0.824. The molecule has 0 aliphatic carbocycles. The fourth-order valence-corrected chi connectivity index (χ4v) is 3.04. The zero-order valence-corrected chi connectivity index (χ0v) is 12.2. The molecule has 0 aromatic carbocycles. The highest BCUT2D eigenvalue weighted by Gasteiger charge is 2.21. The molecule has 0 radical (unpaired) electrons. The minimum absolute atomic E-state index is 0.0960. The number of hydrogen-bond donors (Lipinski definition) is 0. The summed E-state index contributed by atoms with van der Waals surface area (Å²) >= 11 is 1.69. The zero-order valence-electron chi connectivity index (χ0n) is 11.3. The van der Waals surface area contributed by atoms with Crippen molar-refractivity contribution in [3.63, 3.8) is 0 Å². The molecule has 1 fully saturated rings. The summed E-state index contributed by atoms with van der Waals surface area (Å²) in [6.07, 6.45) is 1.02. The second kappa shape index (κ2) is 5.69. The van der Waals surface area contributed by atoms with E-state index in [1.165, 1.54) is 0 Å². The number of nitrogens with zero attached hydrogens (tertiary/aromatic N) is 3. The first-order valence-electron chi connectivity index (χ1n) is 6.54. The molecule has 1 aliphatic heterocycles. The van der Waals surface area contributed by atoms with Crippen LogP contribution in [0.5, 0.6) is 0 Å². The van der Waals surface area contributed by atoms with Gasteiger partial charge in [0, 0.05) is 37.5 Å². The largest absolute Gasteiger partial charge is 0.346 e. The van der Waals surface area contributed by atoms with Gasteiger partial charge in [0.25, 0.3) is 0 Å². The molecule has 0 saturated carbocycles. The minimum Gasteiger partial charge on any atom is -0.346 e.